The second kappa shape index (κ2) is 4.44. The summed E-state index contributed by atoms with van der Waals surface area (Å²) < 4.78 is 11.6. The fraction of sp³-hybridized carbons (Fsp3) is 1.00. The van der Waals surface area contributed by atoms with Crippen LogP contribution in [0.1, 0.15) is 39.5 Å². The second-order valence-corrected chi connectivity index (χ2v) is 6.87. The number of hydrogen-bond acceptors (Lipinski definition) is 4. The highest BCUT2D eigenvalue weighted by atomic mass is 16.7. The van der Waals surface area contributed by atoms with E-state index in [1.165, 1.54) is 6.42 Å². The van der Waals surface area contributed by atoms with Gasteiger partial charge in [-0.15, -0.1) is 0 Å². The molecule has 0 aromatic rings. The lowest BCUT2D eigenvalue weighted by molar-refractivity contribution is -0.204. The van der Waals surface area contributed by atoms with Gasteiger partial charge in [-0.05, 0) is 24.8 Å². The zero-order chi connectivity index (χ0) is 12.8. The molecule has 2 atom stereocenters. The summed E-state index contributed by atoms with van der Waals surface area (Å²) in [5, 5.41) is 10.3. The van der Waals surface area contributed by atoms with Gasteiger partial charge in [-0.2, -0.15) is 0 Å². The molecule has 18 heavy (non-hydrogen) atoms. The minimum atomic E-state index is -0.392. The Morgan fingerprint density at radius 1 is 1.17 bits per heavy atom. The van der Waals surface area contributed by atoms with Crippen LogP contribution in [-0.2, 0) is 9.47 Å². The molecule has 3 rings (SSSR count). The first-order valence-electron chi connectivity index (χ1n) is 7.20. The number of rotatable bonds is 1. The minimum Gasteiger partial charge on any atom is -0.391 e. The monoisotopic (exact) mass is 255 g/mol. The van der Waals surface area contributed by atoms with Crippen molar-refractivity contribution in [1.29, 1.82) is 0 Å². The van der Waals surface area contributed by atoms with Crippen LogP contribution in [0.15, 0.2) is 0 Å². The van der Waals surface area contributed by atoms with Crippen molar-refractivity contribution in [3.8, 4) is 0 Å². The Hall–Kier alpha value is -0.160. The summed E-state index contributed by atoms with van der Waals surface area (Å²) in [6, 6.07) is 0.207. The molecular formula is C14H25NO3. The summed E-state index contributed by atoms with van der Waals surface area (Å²) in [4.78, 5) is 2.44. The van der Waals surface area contributed by atoms with E-state index >= 15 is 0 Å². The first-order chi connectivity index (χ1) is 8.50. The standard InChI is InChI=1S/C14H25NO3/c1-13(2)5-6-15(10-13)11-9-14(4-3-12(11)16)17-7-8-18-14/h11-12,16H,3-10H2,1-2H3. The number of nitrogens with zero attached hydrogens (tertiary/aromatic N) is 1. The Bertz CT molecular complexity index is 312. The summed E-state index contributed by atoms with van der Waals surface area (Å²) >= 11 is 0. The summed E-state index contributed by atoms with van der Waals surface area (Å²) in [5.74, 6) is -0.392. The molecule has 1 saturated carbocycles. The SMILES string of the molecule is CC1(C)CCN(C2CC3(CCC2O)OCCO3)C1. The van der Waals surface area contributed by atoms with Crippen molar-refractivity contribution in [3.63, 3.8) is 0 Å². The van der Waals surface area contributed by atoms with Gasteiger partial charge < -0.3 is 14.6 Å². The van der Waals surface area contributed by atoms with E-state index in [1.807, 2.05) is 0 Å². The third-order valence-corrected chi connectivity index (χ3v) is 4.77. The Labute approximate surface area is 109 Å². The first kappa shape index (κ1) is 12.9. The molecule has 0 amide bonds. The lowest BCUT2D eigenvalue weighted by Crippen LogP contribution is -2.53. The van der Waals surface area contributed by atoms with Gasteiger partial charge in [0.1, 0.15) is 0 Å². The van der Waals surface area contributed by atoms with Crippen molar-refractivity contribution in [2.24, 2.45) is 5.41 Å². The predicted molar refractivity (Wildman–Crippen MR) is 68.3 cm³/mol. The predicted octanol–water partition coefficient (Wildman–Crippen LogP) is 1.37. The van der Waals surface area contributed by atoms with Crippen molar-refractivity contribution in [2.75, 3.05) is 26.3 Å². The molecule has 2 saturated heterocycles. The Morgan fingerprint density at radius 2 is 1.89 bits per heavy atom. The Morgan fingerprint density at radius 3 is 2.50 bits per heavy atom. The van der Waals surface area contributed by atoms with Gasteiger partial charge in [-0.1, -0.05) is 13.8 Å². The largest absolute Gasteiger partial charge is 0.391 e. The molecule has 0 bridgehead atoms. The third-order valence-electron chi connectivity index (χ3n) is 4.77. The molecule has 2 unspecified atom stereocenters. The van der Waals surface area contributed by atoms with E-state index in [0.717, 1.165) is 32.4 Å². The molecule has 1 N–H and O–H groups in total. The van der Waals surface area contributed by atoms with E-state index in [0.29, 0.717) is 18.6 Å². The molecule has 4 heteroatoms. The summed E-state index contributed by atoms with van der Waals surface area (Å²) in [6.45, 7) is 8.18. The Kier molecular flexibility index (Phi) is 3.17. The molecular weight excluding hydrogens is 230 g/mol. The van der Waals surface area contributed by atoms with E-state index in [2.05, 4.69) is 18.7 Å². The van der Waals surface area contributed by atoms with Crippen molar-refractivity contribution >= 4 is 0 Å². The molecule has 104 valence electrons. The van der Waals surface area contributed by atoms with Gasteiger partial charge in [0.15, 0.2) is 5.79 Å². The fourth-order valence-electron chi connectivity index (χ4n) is 3.69. The van der Waals surface area contributed by atoms with Crippen LogP contribution >= 0.6 is 0 Å². The first-order valence-corrected chi connectivity index (χ1v) is 7.20. The average molecular weight is 255 g/mol. The van der Waals surface area contributed by atoms with Crippen LogP contribution in [-0.4, -0.2) is 54.2 Å². The number of likely N-dealkylation sites (tertiary alicyclic amines) is 1. The van der Waals surface area contributed by atoms with Crippen LogP contribution < -0.4 is 0 Å². The molecule has 1 aliphatic carbocycles. The maximum absolute atomic E-state index is 10.3. The van der Waals surface area contributed by atoms with Crippen molar-refractivity contribution in [1.82, 2.24) is 4.90 Å². The second-order valence-electron chi connectivity index (χ2n) is 6.87. The average Bonchev–Trinajstić information content (AvgIpc) is 2.90. The van der Waals surface area contributed by atoms with Gasteiger partial charge >= 0.3 is 0 Å². The molecule has 0 aromatic heterocycles. The van der Waals surface area contributed by atoms with Gasteiger partial charge in [-0.3, -0.25) is 4.90 Å². The van der Waals surface area contributed by atoms with E-state index < -0.39 is 5.79 Å². The molecule has 2 heterocycles. The highest BCUT2D eigenvalue weighted by Gasteiger charge is 2.48. The van der Waals surface area contributed by atoms with Crippen molar-refractivity contribution in [2.45, 2.75) is 57.5 Å². The van der Waals surface area contributed by atoms with Crippen molar-refractivity contribution in [3.05, 3.63) is 0 Å². The third kappa shape index (κ3) is 2.31. The van der Waals surface area contributed by atoms with Crippen molar-refractivity contribution < 1.29 is 14.6 Å². The van der Waals surface area contributed by atoms with Crippen LogP contribution in [0.25, 0.3) is 0 Å². The van der Waals surface area contributed by atoms with Gasteiger partial charge in [0, 0.05) is 25.4 Å². The van der Waals surface area contributed by atoms with E-state index in [1.54, 1.807) is 0 Å². The number of ether oxygens (including phenoxy) is 2. The smallest absolute Gasteiger partial charge is 0.170 e. The topological polar surface area (TPSA) is 41.9 Å². The molecule has 2 aliphatic heterocycles. The zero-order valence-electron chi connectivity index (χ0n) is 11.5. The lowest BCUT2D eigenvalue weighted by atomic mass is 9.86. The fourth-order valence-corrected chi connectivity index (χ4v) is 3.69. The van der Waals surface area contributed by atoms with Crippen LogP contribution in [0.2, 0.25) is 0 Å². The van der Waals surface area contributed by atoms with E-state index in [-0.39, 0.29) is 12.1 Å². The summed E-state index contributed by atoms with van der Waals surface area (Å²) in [6.07, 6.45) is 3.44. The maximum Gasteiger partial charge on any atom is 0.170 e. The number of aliphatic hydroxyl groups excluding tert-OH is 1. The molecule has 3 fully saturated rings. The maximum atomic E-state index is 10.3. The normalized spacial score (nSPS) is 39.5. The summed E-state index contributed by atoms with van der Waals surface area (Å²) in [5.41, 5.74) is 0.377. The van der Waals surface area contributed by atoms with Crippen LogP contribution in [0, 0.1) is 5.41 Å². The molecule has 0 radical (unpaired) electrons. The Balaban J connectivity index is 1.70. The molecule has 3 aliphatic rings. The quantitative estimate of drug-likeness (QED) is 0.768. The molecule has 4 nitrogen and oxygen atoms in total. The zero-order valence-corrected chi connectivity index (χ0v) is 11.5. The van der Waals surface area contributed by atoms with Gasteiger partial charge in [0.05, 0.1) is 19.3 Å². The minimum absolute atomic E-state index is 0.207. The van der Waals surface area contributed by atoms with Gasteiger partial charge in [0.25, 0.3) is 0 Å². The number of aliphatic hydroxyl groups is 1. The molecule has 0 aromatic carbocycles. The van der Waals surface area contributed by atoms with Gasteiger partial charge in [0.2, 0.25) is 0 Å². The van der Waals surface area contributed by atoms with Crippen LogP contribution in [0.4, 0.5) is 0 Å². The lowest BCUT2D eigenvalue weighted by Gasteiger charge is -2.43. The summed E-state index contributed by atoms with van der Waals surface area (Å²) in [7, 11) is 0. The highest BCUT2D eigenvalue weighted by Crippen LogP contribution is 2.40. The van der Waals surface area contributed by atoms with E-state index in [9.17, 15) is 5.11 Å². The highest BCUT2D eigenvalue weighted by molar-refractivity contribution is 4.96. The van der Waals surface area contributed by atoms with E-state index in [4.69, 9.17) is 9.47 Å². The number of hydrogen-bond donors (Lipinski definition) is 1. The van der Waals surface area contributed by atoms with Crippen LogP contribution in [0.3, 0.4) is 0 Å². The molecule has 1 spiro atoms. The van der Waals surface area contributed by atoms with Crippen LogP contribution in [0.5, 0.6) is 0 Å². The van der Waals surface area contributed by atoms with Gasteiger partial charge in [-0.25, -0.2) is 0 Å².